The molecule has 1 atom stereocenters. The Hall–Kier alpha value is -3.27. The number of carbonyl (C=O) groups excluding carboxylic acids is 1. The molecule has 7 heteroatoms. The van der Waals surface area contributed by atoms with Crippen molar-refractivity contribution in [2.24, 2.45) is 13.0 Å². The van der Waals surface area contributed by atoms with Crippen molar-refractivity contribution in [1.29, 1.82) is 5.26 Å². The van der Waals surface area contributed by atoms with E-state index in [4.69, 9.17) is 14.7 Å². The van der Waals surface area contributed by atoms with Gasteiger partial charge in [-0.2, -0.15) is 5.26 Å². The van der Waals surface area contributed by atoms with E-state index in [1.54, 1.807) is 30.1 Å². The quantitative estimate of drug-likeness (QED) is 0.758. The van der Waals surface area contributed by atoms with Crippen molar-refractivity contribution in [2.75, 3.05) is 26.8 Å². The Bertz CT molecular complexity index is 1050. The van der Waals surface area contributed by atoms with Crippen molar-refractivity contribution in [3.63, 3.8) is 0 Å². The lowest BCUT2D eigenvalue weighted by Gasteiger charge is -2.33. The number of hydrogen-bond acceptors (Lipinski definition) is 5. The van der Waals surface area contributed by atoms with Crippen LogP contribution in [0.15, 0.2) is 29.1 Å². The van der Waals surface area contributed by atoms with Gasteiger partial charge in [-0.15, -0.1) is 0 Å². The first-order valence-electron chi connectivity index (χ1n) is 10.0. The maximum absolute atomic E-state index is 13.1. The van der Waals surface area contributed by atoms with Gasteiger partial charge in [0.2, 0.25) is 0 Å². The number of carbonyl (C=O) groups is 1. The summed E-state index contributed by atoms with van der Waals surface area (Å²) in [5.74, 6) is 1.02. The Labute approximate surface area is 176 Å². The van der Waals surface area contributed by atoms with Gasteiger partial charge in [-0.25, -0.2) is 0 Å². The normalized spacial score (nSPS) is 16.1. The summed E-state index contributed by atoms with van der Waals surface area (Å²) in [6, 6.07) is 9.00. The number of piperidine rings is 1. The first-order valence-corrected chi connectivity index (χ1v) is 10.0. The monoisotopic (exact) mass is 409 g/mol. The molecule has 0 spiro atoms. The van der Waals surface area contributed by atoms with Gasteiger partial charge >= 0.3 is 0 Å². The molecule has 1 fully saturated rings. The highest BCUT2D eigenvalue weighted by molar-refractivity contribution is 5.95. The third-order valence-electron chi connectivity index (χ3n) is 5.65. The van der Waals surface area contributed by atoms with Gasteiger partial charge in [0.15, 0.2) is 11.5 Å². The summed E-state index contributed by atoms with van der Waals surface area (Å²) >= 11 is 0. The number of amides is 1. The second kappa shape index (κ2) is 9.04. The Balaban J connectivity index is 1.71. The zero-order chi connectivity index (χ0) is 21.8. The smallest absolute Gasteiger partial charge is 0.263 e. The molecule has 1 unspecified atom stereocenters. The molecule has 0 aliphatic carbocycles. The maximum atomic E-state index is 13.1. The standard InChI is InChI=1S/C23H27N3O4/c1-15-10-16(2)25(3)22(27)21(15)23(28)26-9-5-6-18(13-26)14-30-19-8-7-17(12-24)11-20(19)29-4/h7-8,10-11,18H,5-6,9,13-14H2,1-4H3. The van der Waals surface area contributed by atoms with E-state index in [9.17, 15) is 9.59 Å². The molecule has 0 bridgehead atoms. The number of ether oxygens (including phenoxy) is 2. The van der Waals surface area contributed by atoms with Crippen molar-refractivity contribution in [3.05, 3.63) is 57.0 Å². The Morgan fingerprint density at radius 3 is 2.73 bits per heavy atom. The second-order valence-corrected chi connectivity index (χ2v) is 7.76. The number of benzene rings is 1. The van der Waals surface area contributed by atoms with E-state index in [0.29, 0.717) is 42.3 Å². The van der Waals surface area contributed by atoms with Crippen molar-refractivity contribution < 1.29 is 14.3 Å². The lowest BCUT2D eigenvalue weighted by atomic mass is 9.97. The highest BCUT2D eigenvalue weighted by atomic mass is 16.5. The number of hydrogen-bond donors (Lipinski definition) is 0. The van der Waals surface area contributed by atoms with Crippen molar-refractivity contribution >= 4 is 5.91 Å². The summed E-state index contributed by atoms with van der Waals surface area (Å²) in [7, 11) is 3.22. The van der Waals surface area contributed by atoms with E-state index in [1.165, 1.54) is 11.7 Å². The molecular formula is C23H27N3O4. The van der Waals surface area contributed by atoms with E-state index in [0.717, 1.165) is 18.5 Å². The number of likely N-dealkylation sites (tertiary alicyclic amines) is 1. The molecule has 1 saturated heterocycles. The summed E-state index contributed by atoms with van der Waals surface area (Å²) in [6.45, 7) is 5.26. The van der Waals surface area contributed by atoms with Crippen LogP contribution in [0.1, 0.15) is 40.0 Å². The predicted octanol–water partition coefficient (Wildman–Crippen LogP) is 2.81. The van der Waals surface area contributed by atoms with Gasteiger partial charge in [0.1, 0.15) is 5.56 Å². The lowest BCUT2D eigenvalue weighted by Crippen LogP contribution is -2.44. The molecule has 158 valence electrons. The third-order valence-corrected chi connectivity index (χ3v) is 5.65. The molecule has 0 saturated carbocycles. The third kappa shape index (κ3) is 4.33. The maximum Gasteiger partial charge on any atom is 0.263 e. The largest absolute Gasteiger partial charge is 0.493 e. The number of nitrogens with zero attached hydrogens (tertiary/aromatic N) is 3. The summed E-state index contributed by atoms with van der Waals surface area (Å²) in [5.41, 5.74) is 2.04. The van der Waals surface area contributed by atoms with Crippen molar-refractivity contribution in [3.8, 4) is 17.6 Å². The van der Waals surface area contributed by atoms with Gasteiger partial charge < -0.3 is 18.9 Å². The topological polar surface area (TPSA) is 84.6 Å². The summed E-state index contributed by atoms with van der Waals surface area (Å²) in [5, 5.41) is 9.02. The van der Waals surface area contributed by atoms with Crippen LogP contribution in [0.4, 0.5) is 0 Å². The summed E-state index contributed by atoms with van der Waals surface area (Å²) < 4.78 is 12.8. The molecule has 1 aliphatic rings. The molecule has 1 aliphatic heterocycles. The van der Waals surface area contributed by atoms with Crippen molar-refractivity contribution in [1.82, 2.24) is 9.47 Å². The number of aromatic nitrogens is 1. The average molecular weight is 409 g/mol. The zero-order valence-corrected chi connectivity index (χ0v) is 17.9. The van der Waals surface area contributed by atoms with Crippen molar-refractivity contribution in [2.45, 2.75) is 26.7 Å². The fraction of sp³-hybridized carbons (Fsp3) is 0.435. The number of pyridine rings is 1. The van der Waals surface area contributed by atoms with Crippen LogP contribution in [0.2, 0.25) is 0 Å². The minimum Gasteiger partial charge on any atom is -0.493 e. The van der Waals surface area contributed by atoms with Gasteiger partial charge in [0.05, 0.1) is 25.3 Å². The number of methoxy groups -OCH3 is 1. The van der Waals surface area contributed by atoms with E-state index in [2.05, 4.69) is 6.07 Å². The van der Waals surface area contributed by atoms with Crippen LogP contribution in [0, 0.1) is 31.1 Å². The Morgan fingerprint density at radius 1 is 1.27 bits per heavy atom. The molecule has 2 heterocycles. The Morgan fingerprint density at radius 2 is 2.03 bits per heavy atom. The summed E-state index contributed by atoms with van der Waals surface area (Å²) in [4.78, 5) is 27.5. The zero-order valence-electron chi connectivity index (χ0n) is 17.9. The lowest BCUT2D eigenvalue weighted by molar-refractivity contribution is 0.0628. The van der Waals surface area contributed by atoms with Crippen LogP contribution in [0.25, 0.3) is 0 Å². The van der Waals surface area contributed by atoms with E-state index >= 15 is 0 Å². The molecule has 7 nitrogen and oxygen atoms in total. The van der Waals surface area contributed by atoms with Crippen LogP contribution < -0.4 is 15.0 Å². The van der Waals surface area contributed by atoms with Crippen LogP contribution in [-0.2, 0) is 7.05 Å². The first-order chi connectivity index (χ1) is 14.3. The first kappa shape index (κ1) is 21.4. The predicted molar refractivity (Wildman–Crippen MR) is 113 cm³/mol. The number of aryl methyl sites for hydroxylation is 2. The van der Waals surface area contributed by atoms with Crippen LogP contribution in [-0.4, -0.2) is 42.2 Å². The second-order valence-electron chi connectivity index (χ2n) is 7.76. The van der Waals surface area contributed by atoms with Crippen LogP contribution >= 0.6 is 0 Å². The van der Waals surface area contributed by atoms with E-state index in [1.807, 2.05) is 19.9 Å². The van der Waals surface area contributed by atoms with Gasteiger partial charge in [-0.05, 0) is 50.5 Å². The van der Waals surface area contributed by atoms with Gasteiger partial charge in [0.25, 0.3) is 11.5 Å². The van der Waals surface area contributed by atoms with E-state index in [-0.39, 0.29) is 22.9 Å². The molecule has 3 rings (SSSR count). The number of rotatable bonds is 5. The average Bonchev–Trinajstić information content (AvgIpc) is 2.76. The number of nitriles is 1. The SMILES string of the molecule is COc1cc(C#N)ccc1OCC1CCCN(C(=O)c2c(C)cc(C)n(C)c2=O)C1. The molecule has 30 heavy (non-hydrogen) atoms. The van der Waals surface area contributed by atoms with Crippen LogP contribution in [0.3, 0.4) is 0 Å². The minimum atomic E-state index is -0.252. The van der Waals surface area contributed by atoms with E-state index < -0.39 is 0 Å². The fourth-order valence-electron chi connectivity index (χ4n) is 3.85. The Kier molecular flexibility index (Phi) is 6.46. The molecule has 1 aromatic heterocycles. The molecule has 1 amide bonds. The molecule has 2 aromatic rings. The molecule has 0 N–H and O–H groups in total. The van der Waals surface area contributed by atoms with Gasteiger partial charge in [-0.1, -0.05) is 0 Å². The highest BCUT2D eigenvalue weighted by Crippen LogP contribution is 2.29. The van der Waals surface area contributed by atoms with Crippen LogP contribution in [0.5, 0.6) is 11.5 Å². The highest BCUT2D eigenvalue weighted by Gasteiger charge is 2.28. The van der Waals surface area contributed by atoms with Gasteiger partial charge in [-0.3, -0.25) is 9.59 Å². The van der Waals surface area contributed by atoms with Gasteiger partial charge in [0, 0.05) is 37.8 Å². The molecular weight excluding hydrogens is 382 g/mol. The minimum absolute atomic E-state index is 0.151. The summed E-state index contributed by atoms with van der Waals surface area (Å²) in [6.07, 6.45) is 1.79. The fourth-order valence-corrected chi connectivity index (χ4v) is 3.85. The molecule has 0 radical (unpaired) electrons. The molecule has 1 aromatic carbocycles.